The van der Waals surface area contributed by atoms with E-state index in [1.165, 1.54) is 7.11 Å². The van der Waals surface area contributed by atoms with E-state index in [1.807, 2.05) is 6.07 Å². The van der Waals surface area contributed by atoms with Gasteiger partial charge in [0.05, 0.1) is 16.7 Å². The van der Waals surface area contributed by atoms with Crippen molar-refractivity contribution in [1.82, 2.24) is 0 Å². The first-order valence-corrected chi connectivity index (χ1v) is 14.3. The van der Waals surface area contributed by atoms with E-state index >= 15 is 0 Å². The Balaban J connectivity index is 1.36. The fourth-order valence-corrected chi connectivity index (χ4v) is 5.21. The zero-order valence-electron chi connectivity index (χ0n) is 24.2. The summed E-state index contributed by atoms with van der Waals surface area (Å²) >= 11 is 0. The summed E-state index contributed by atoms with van der Waals surface area (Å²) in [7, 11) is 1.40. The number of benzene rings is 4. The van der Waals surface area contributed by atoms with Gasteiger partial charge in [-0.1, -0.05) is 84.9 Å². The molecule has 45 heavy (non-hydrogen) atoms. The van der Waals surface area contributed by atoms with Crippen molar-refractivity contribution in [1.29, 1.82) is 0 Å². The number of hydrogen-bond acceptors (Lipinski definition) is 10. The first kappa shape index (κ1) is 30.2. The van der Waals surface area contributed by atoms with E-state index in [-0.39, 0.29) is 17.7 Å². The van der Waals surface area contributed by atoms with E-state index in [2.05, 4.69) is 0 Å². The van der Waals surface area contributed by atoms with Crippen LogP contribution in [0.2, 0.25) is 0 Å². The molecule has 0 spiro atoms. The van der Waals surface area contributed by atoms with E-state index in [4.69, 9.17) is 33.2 Å². The van der Waals surface area contributed by atoms with Gasteiger partial charge in [0.25, 0.3) is 0 Å². The zero-order valence-corrected chi connectivity index (χ0v) is 24.2. The van der Waals surface area contributed by atoms with Crippen molar-refractivity contribution >= 4 is 17.9 Å². The monoisotopic (exact) mass is 610 g/mol. The van der Waals surface area contributed by atoms with E-state index in [9.17, 15) is 14.4 Å². The molecule has 4 aromatic carbocycles. The molecule has 0 radical (unpaired) electrons. The third kappa shape index (κ3) is 6.50. The molecule has 4 aromatic rings. The Morgan fingerprint density at radius 3 is 1.60 bits per heavy atom. The number of hydrogen-bond donors (Lipinski definition) is 0. The number of esters is 3. The molecule has 2 fully saturated rings. The van der Waals surface area contributed by atoms with Gasteiger partial charge in [0.15, 0.2) is 24.6 Å². The average molecular weight is 611 g/mol. The van der Waals surface area contributed by atoms with Crippen molar-refractivity contribution in [2.75, 3.05) is 13.7 Å². The molecule has 1 unspecified atom stereocenters. The van der Waals surface area contributed by atoms with Crippen LogP contribution in [0.4, 0.5) is 0 Å². The van der Waals surface area contributed by atoms with Crippen LogP contribution in [0.15, 0.2) is 121 Å². The number of rotatable bonds is 9. The summed E-state index contributed by atoms with van der Waals surface area (Å²) in [5.74, 6) is -3.76. The van der Waals surface area contributed by atoms with E-state index in [0.29, 0.717) is 11.1 Å². The highest BCUT2D eigenvalue weighted by atomic mass is 16.9. The number of fused-ring (bicyclic) bond motifs is 1. The Bertz CT molecular complexity index is 1600. The molecule has 0 aliphatic carbocycles. The molecule has 2 heterocycles. The smallest absolute Gasteiger partial charge is 0.338 e. The summed E-state index contributed by atoms with van der Waals surface area (Å²) < 4.78 is 42.2. The molecule has 10 nitrogen and oxygen atoms in total. The van der Waals surface area contributed by atoms with E-state index in [1.54, 1.807) is 115 Å². The lowest BCUT2D eigenvalue weighted by molar-refractivity contribution is -0.357. The van der Waals surface area contributed by atoms with Crippen molar-refractivity contribution in [3.8, 4) is 0 Å². The van der Waals surface area contributed by atoms with Gasteiger partial charge in [-0.05, 0) is 36.4 Å². The second-order valence-corrected chi connectivity index (χ2v) is 10.3. The van der Waals surface area contributed by atoms with E-state index in [0.717, 1.165) is 0 Å². The fraction of sp³-hybridized carbons (Fsp3) is 0.229. The van der Waals surface area contributed by atoms with Gasteiger partial charge in [-0.15, -0.1) is 0 Å². The summed E-state index contributed by atoms with van der Waals surface area (Å²) in [5, 5.41) is 0. The van der Waals surface area contributed by atoms with Crippen LogP contribution in [0.3, 0.4) is 0 Å². The van der Waals surface area contributed by atoms with Gasteiger partial charge in [0.2, 0.25) is 0 Å². The SMILES string of the molecule is COC1(c2ccccc2)O[C@H]2O[C@H](COC(=O)c3ccccc3)[C@@H](OC(=O)c3ccccc3)[C@H](OC(=O)c3ccccc3)[C@H]2O1. The topological polar surface area (TPSA) is 116 Å². The van der Waals surface area contributed by atoms with Crippen LogP contribution in [-0.4, -0.2) is 62.3 Å². The first-order chi connectivity index (χ1) is 22.0. The molecule has 230 valence electrons. The Kier molecular flexibility index (Phi) is 8.99. The lowest BCUT2D eigenvalue weighted by atomic mass is 9.98. The Morgan fingerprint density at radius 1 is 0.622 bits per heavy atom. The molecule has 0 aromatic heterocycles. The molecule has 2 saturated heterocycles. The highest BCUT2D eigenvalue weighted by Gasteiger charge is 2.61. The zero-order chi connectivity index (χ0) is 31.2. The number of methoxy groups -OCH3 is 1. The standard InChI is InChI=1S/C35H30O10/c1-39-35(26-20-12-5-13-21-26)44-30-29(43-33(38)25-18-10-4-11-19-25)28(42-32(37)24-16-8-3-9-17-24)27(41-34(30)45-35)22-40-31(36)23-14-6-2-7-15-23/h2-21,27-30,34H,22H2,1H3/t27-,28-,29+,30-,34-,35?/m1/s1. The van der Waals surface area contributed by atoms with Crippen LogP contribution in [-0.2, 0) is 39.1 Å². The molecule has 0 saturated carbocycles. The molecule has 2 aliphatic heterocycles. The highest BCUT2D eigenvalue weighted by molar-refractivity contribution is 5.91. The fourth-order valence-electron chi connectivity index (χ4n) is 5.21. The van der Waals surface area contributed by atoms with Gasteiger partial charge in [0, 0.05) is 12.7 Å². The number of carbonyl (C=O) groups is 3. The average Bonchev–Trinajstić information content (AvgIpc) is 3.49. The van der Waals surface area contributed by atoms with Gasteiger partial charge in [-0.3, -0.25) is 4.74 Å². The molecule has 10 heteroatoms. The predicted molar refractivity (Wildman–Crippen MR) is 158 cm³/mol. The van der Waals surface area contributed by atoms with Crippen molar-refractivity contribution in [3.05, 3.63) is 144 Å². The molecule has 2 aliphatic rings. The second-order valence-electron chi connectivity index (χ2n) is 10.3. The van der Waals surface area contributed by atoms with Gasteiger partial charge >= 0.3 is 23.9 Å². The van der Waals surface area contributed by atoms with Crippen molar-refractivity contribution < 1.29 is 47.5 Å². The van der Waals surface area contributed by atoms with Crippen LogP contribution in [0.5, 0.6) is 0 Å². The lowest BCUT2D eigenvalue weighted by Crippen LogP contribution is -2.60. The Morgan fingerprint density at radius 2 is 1.09 bits per heavy atom. The minimum atomic E-state index is -1.74. The lowest BCUT2D eigenvalue weighted by Gasteiger charge is -2.41. The Hall–Kier alpha value is -4.87. The van der Waals surface area contributed by atoms with Crippen molar-refractivity contribution in [3.63, 3.8) is 0 Å². The molecule has 6 atom stereocenters. The summed E-state index contributed by atoms with van der Waals surface area (Å²) in [6.07, 6.45) is -5.99. The van der Waals surface area contributed by atoms with Crippen LogP contribution in [0.25, 0.3) is 0 Å². The first-order valence-electron chi connectivity index (χ1n) is 14.3. The predicted octanol–water partition coefficient (Wildman–Crippen LogP) is 4.89. The van der Waals surface area contributed by atoms with Crippen LogP contribution < -0.4 is 0 Å². The maximum Gasteiger partial charge on any atom is 0.338 e. The van der Waals surface area contributed by atoms with E-state index < -0.39 is 54.6 Å². The molecular weight excluding hydrogens is 580 g/mol. The van der Waals surface area contributed by atoms with Crippen LogP contribution in [0, 0.1) is 0 Å². The normalized spacial score (nSPS) is 25.5. The summed E-state index contributed by atoms with van der Waals surface area (Å²) in [6, 6.07) is 34.0. The van der Waals surface area contributed by atoms with Crippen molar-refractivity contribution in [2.45, 2.75) is 36.7 Å². The van der Waals surface area contributed by atoms with Gasteiger partial charge in [0.1, 0.15) is 12.7 Å². The molecular formula is C35H30O10. The summed E-state index contributed by atoms with van der Waals surface area (Å²) in [5.41, 5.74) is 1.36. The summed E-state index contributed by atoms with van der Waals surface area (Å²) in [4.78, 5) is 39.7. The molecule has 0 bridgehead atoms. The maximum atomic E-state index is 13.4. The maximum absolute atomic E-state index is 13.4. The highest BCUT2D eigenvalue weighted by Crippen LogP contribution is 2.44. The molecule has 6 rings (SSSR count). The third-order valence-corrected chi connectivity index (χ3v) is 7.44. The number of carbonyl (C=O) groups excluding carboxylic acids is 3. The third-order valence-electron chi connectivity index (χ3n) is 7.44. The van der Waals surface area contributed by atoms with Crippen LogP contribution in [0.1, 0.15) is 36.6 Å². The Labute approximate surface area is 259 Å². The van der Waals surface area contributed by atoms with Gasteiger partial charge in [-0.25, -0.2) is 14.4 Å². The van der Waals surface area contributed by atoms with Crippen molar-refractivity contribution in [2.24, 2.45) is 0 Å². The second kappa shape index (κ2) is 13.4. The largest absolute Gasteiger partial charge is 0.459 e. The number of ether oxygens (including phenoxy) is 7. The quantitative estimate of drug-likeness (QED) is 0.192. The minimum Gasteiger partial charge on any atom is -0.459 e. The minimum absolute atomic E-state index is 0.256. The van der Waals surface area contributed by atoms with Crippen LogP contribution >= 0.6 is 0 Å². The van der Waals surface area contributed by atoms with Gasteiger partial charge in [-0.2, -0.15) is 0 Å². The van der Waals surface area contributed by atoms with Gasteiger partial charge < -0.3 is 28.4 Å². The molecule has 0 N–H and O–H groups in total. The summed E-state index contributed by atoms with van der Waals surface area (Å²) in [6.45, 7) is -0.363. The molecule has 0 amide bonds.